The van der Waals surface area contributed by atoms with Gasteiger partial charge in [0.05, 0.1) is 0 Å². The van der Waals surface area contributed by atoms with E-state index in [1.54, 1.807) is 0 Å². The van der Waals surface area contributed by atoms with E-state index in [9.17, 15) is 0 Å². The van der Waals surface area contributed by atoms with Gasteiger partial charge in [0.25, 0.3) is 0 Å². The minimum absolute atomic E-state index is 0.911. The van der Waals surface area contributed by atoms with Gasteiger partial charge in [-0.15, -0.1) is 0 Å². The Balaban J connectivity index is 2.15. The van der Waals surface area contributed by atoms with Crippen molar-refractivity contribution in [1.82, 2.24) is 9.55 Å². The number of halogens is 1. The molecule has 1 heterocycles. The minimum atomic E-state index is 0.911. The van der Waals surface area contributed by atoms with Crippen LogP contribution >= 0.6 is 15.9 Å². The SMILES string of the molecule is CCCCn1ccnc1Nc1ccc(Br)cc1C. The summed E-state index contributed by atoms with van der Waals surface area (Å²) in [6, 6.07) is 6.20. The number of hydrogen-bond acceptors (Lipinski definition) is 2. The van der Waals surface area contributed by atoms with Gasteiger partial charge in [0.1, 0.15) is 0 Å². The molecule has 0 bridgehead atoms. The van der Waals surface area contributed by atoms with Gasteiger partial charge in [-0.3, -0.25) is 0 Å². The summed E-state index contributed by atoms with van der Waals surface area (Å²) in [5.74, 6) is 0.911. The lowest BCUT2D eigenvalue weighted by Gasteiger charge is -2.11. The van der Waals surface area contributed by atoms with Crippen molar-refractivity contribution in [3.8, 4) is 0 Å². The molecule has 1 N–H and O–H groups in total. The monoisotopic (exact) mass is 307 g/mol. The fourth-order valence-electron chi connectivity index (χ4n) is 1.83. The lowest BCUT2D eigenvalue weighted by atomic mass is 10.2. The quantitative estimate of drug-likeness (QED) is 0.881. The summed E-state index contributed by atoms with van der Waals surface area (Å²) < 4.78 is 3.25. The Morgan fingerprint density at radius 2 is 2.22 bits per heavy atom. The van der Waals surface area contributed by atoms with Gasteiger partial charge >= 0.3 is 0 Å². The molecule has 2 rings (SSSR count). The molecule has 1 aromatic heterocycles. The van der Waals surface area contributed by atoms with Crippen molar-refractivity contribution in [3.05, 3.63) is 40.6 Å². The van der Waals surface area contributed by atoms with Crippen molar-refractivity contribution in [1.29, 1.82) is 0 Å². The first-order valence-electron chi connectivity index (χ1n) is 6.25. The smallest absolute Gasteiger partial charge is 0.207 e. The maximum Gasteiger partial charge on any atom is 0.207 e. The normalized spacial score (nSPS) is 10.6. The molecule has 0 saturated heterocycles. The van der Waals surface area contributed by atoms with Gasteiger partial charge in [0.2, 0.25) is 5.95 Å². The van der Waals surface area contributed by atoms with Gasteiger partial charge in [-0.2, -0.15) is 0 Å². The maximum absolute atomic E-state index is 4.37. The van der Waals surface area contributed by atoms with Gasteiger partial charge in [-0.1, -0.05) is 29.3 Å². The number of anilines is 2. The van der Waals surface area contributed by atoms with Crippen LogP contribution in [0.15, 0.2) is 35.1 Å². The molecule has 1 aromatic carbocycles. The molecule has 2 aromatic rings. The van der Waals surface area contributed by atoms with Crippen LogP contribution < -0.4 is 5.32 Å². The summed E-state index contributed by atoms with van der Waals surface area (Å²) in [7, 11) is 0. The van der Waals surface area contributed by atoms with E-state index >= 15 is 0 Å². The van der Waals surface area contributed by atoms with Crippen molar-refractivity contribution < 1.29 is 0 Å². The zero-order valence-electron chi connectivity index (χ0n) is 10.8. The molecule has 0 atom stereocenters. The van der Waals surface area contributed by atoms with E-state index in [0.29, 0.717) is 0 Å². The minimum Gasteiger partial charge on any atom is -0.325 e. The number of imidazole rings is 1. The van der Waals surface area contributed by atoms with Gasteiger partial charge < -0.3 is 9.88 Å². The number of unbranched alkanes of at least 4 members (excludes halogenated alkanes) is 1. The third-order valence-corrected chi connectivity index (χ3v) is 3.40. The number of benzene rings is 1. The molecule has 0 spiro atoms. The second-order valence-electron chi connectivity index (χ2n) is 4.38. The van der Waals surface area contributed by atoms with Crippen molar-refractivity contribution in [2.45, 2.75) is 33.2 Å². The van der Waals surface area contributed by atoms with Crippen LogP contribution in [0.25, 0.3) is 0 Å². The third-order valence-electron chi connectivity index (χ3n) is 2.90. The number of aryl methyl sites for hydroxylation is 2. The molecule has 0 amide bonds. The first-order valence-corrected chi connectivity index (χ1v) is 7.04. The second kappa shape index (κ2) is 6.05. The highest BCUT2D eigenvalue weighted by atomic mass is 79.9. The lowest BCUT2D eigenvalue weighted by molar-refractivity contribution is 0.638. The predicted octanol–water partition coefficient (Wildman–Crippen LogP) is 4.50. The Labute approximate surface area is 116 Å². The van der Waals surface area contributed by atoms with Crippen molar-refractivity contribution in [2.24, 2.45) is 0 Å². The van der Waals surface area contributed by atoms with Crippen LogP contribution in [-0.4, -0.2) is 9.55 Å². The Morgan fingerprint density at radius 3 is 2.94 bits per heavy atom. The van der Waals surface area contributed by atoms with Crippen molar-refractivity contribution in [2.75, 3.05) is 5.32 Å². The number of nitrogens with zero attached hydrogens (tertiary/aromatic N) is 2. The van der Waals surface area contributed by atoms with Crippen LogP contribution in [0.1, 0.15) is 25.3 Å². The topological polar surface area (TPSA) is 29.9 Å². The second-order valence-corrected chi connectivity index (χ2v) is 5.30. The van der Waals surface area contributed by atoms with Crippen LogP contribution in [0.4, 0.5) is 11.6 Å². The van der Waals surface area contributed by atoms with Crippen molar-refractivity contribution >= 4 is 27.6 Å². The molecule has 0 fully saturated rings. The number of hydrogen-bond donors (Lipinski definition) is 1. The molecule has 0 radical (unpaired) electrons. The Morgan fingerprint density at radius 1 is 1.39 bits per heavy atom. The molecule has 0 unspecified atom stereocenters. The predicted molar refractivity (Wildman–Crippen MR) is 79.3 cm³/mol. The van der Waals surface area contributed by atoms with Crippen LogP contribution in [0, 0.1) is 6.92 Å². The highest BCUT2D eigenvalue weighted by molar-refractivity contribution is 9.10. The van der Waals surface area contributed by atoms with Gasteiger partial charge in [0, 0.05) is 29.1 Å². The molecular formula is C14H18BrN3. The summed E-state index contributed by atoms with van der Waals surface area (Å²) in [5.41, 5.74) is 2.30. The molecule has 4 heteroatoms. The first kappa shape index (κ1) is 13.1. The van der Waals surface area contributed by atoms with Gasteiger partial charge in [-0.05, 0) is 37.1 Å². The van der Waals surface area contributed by atoms with Crippen LogP contribution in [0.2, 0.25) is 0 Å². The molecule has 0 aliphatic heterocycles. The zero-order valence-corrected chi connectivity index (χ0v) is 12.4. The summed E-state index contributed by atoms with van der Waals surface area (Å²) in [6.07, 6.45) is 6.22. The van der Waals surface area contributed by atoms with E-state index in [2.05, 4.69) is 56.8 Å². The van der Waals surface area contributed by atoms with E-state index in [4.69, 9.17) is 0 Å². The van der Waals surface area contributed by atoms with E-state index < -0.39 is 0 Å². The first-order chi connectivity index (χ1) is 8.70. The fourth-order valence-corrected chi connectivity index (χ4v) is 2.31. The Bertz CT molecular complexity index is 520. The van der Waals surface area contributed by atoms with E-state index in [0.717, 1.165) is 22.7 Å². The molecule has 0 aliphatic carbocycles. The zero-order chi connectivity index (χ0) is 13.0. The highest BCUT2D eigenvalue weighted by Crippen LogP contribution is 2.23. The lowest BCUT2D eigenvalue weighted by Crippen LogP contribution is -2.04. The molecule has 96 valence electrons. The van der Waals surface area contributed by atoms with Crippen LogP contribution in [0.5, 0.6) is 0 Å². The van der Waals surface area contributed by atoms with E-state index in [-0.39, 0.29) is 0 Å². The van der Waals surface area contributed by atoms with E-state index in [1.807, 2.05) is 18.5 Å². The third kappa shape index (κ3) is 3.13. The number of rotatable bonds is 5. The summed E-state index contributed by atoms with van der Waals surface area (Å²) in [4.78, 5) is 4.37. The molecule has 18 heavy (non-hydrogen) atoms. The molecule has 0 saturated carbocycles. The number of aromatic nitrogens is 2. The van der Waals surface area contributed by atoms with Gasteiger partial charge in [-0.25, -0.2) is 4.98 Å². The van der Waals surface area contributed by atoms with Crippen molar-refractivity contribution in [3.63, 3.8) is 0 Å². The average molecular weight is 308 g/mol. The summed E-state index contributed by atoms with van der Waals surface area (Å²) in [5, 5.41) is 3.39. The number of nitrogens with one attached hydrogen (secondary N) is 1. The maximum atomic E-state index is 4.37. The van der Waals surface area contributed by atoms with Crippen LogP contribution in [0.3, 0.4) is 0 Å². The molecule has 0 aliphatic rings. The molecular weight excluding hydrogens is 290 g/mol. The summed E-state index contributed by atoms with van der Waals surface area (Å²) >= 11 is 3.47. The van der Waals surface area contributed by atoms with E-state index in [1.165, 1.54) is 18.4 Å². The molecule has 3 nitrogen and oxygen atoms in total. The standard InChI is InChI=1S/C14H18BrN3/c1-3-4-8-18-9-7-16-14(18)17-13-6-5-12(15)10-11(13)2/h5-7,9-10H,3-4,8H2,1-2H3,(H,16,17). The highest BCUT2D eigenvalue weighted by Gasteiger charge is 2.04. The van der Waals surface area contributed by atoms with Gasteiger partial charge in [0.15, 0.2) is 0 Å². The fraction of sp³-hybridized carbons (Fsp3) is 0.357. The van der Waals surface area contributed by atoms with Crippen LogP contribution in [-0.2, 0) is 6.54 Å². The largest absolute Gasteiger partial charge is 0.325 e. The average Bonchev–Trinajstić information content (AvgIpc) is 2.77. The Hall–Kier alpha value is -1.29. The Kier molecular flexibility index (Phi) is 4.42. The summed E-state index contributed by atoms with van der Waals surface area (Å²) in [6.45, 7) is 5.30.